The van der Waals surface area contributed by atoms with Crippen molar-refractivity contribution in [3.05, 3.63) is 34.9 Å². The standard InChI is InChI=1S/C11H11ClO2/c1-11(6-8(11)10(13)14)7-4-2-3-5-9(7)12/h2-5,8H,6H2,1H3,(H,13,14)/t8-,11+/m1/s1. The highest BCUT2D eigenvalue weighted by Crippen LogP contribution is 2.55. The number of carboxylic acids is 1. The molecule has 0 unspecified atom stereocenters. The minimum atomic E-state index is -0.729. The molecule has 74 valence electrons. The quantitative estimate of drug-likeness (QED) is 0.815. The van der Waals surface area contributed by atoms with E-state index >= 15 is 0 Å². The van der Waals surface area contributed by atoms with Crippen LogP contribution in [0.3, 0.4) is 0 Å². The van der Waals surface area contributed by atoms with Gasteiger partial charge in [-0.15, -0.1) is 0 Å². The molecule has 0 saturated heterocycles. The summed E-state index contributed by atoms with van der Waals surface area (Å²) in [5.41, 5.74) is 0.693. The van der Waals surface area contributed by atoms with Crippen LogP contribution in [-0.2, 0) is 10.2 Å². The zero-order chi connectivity index (χ0) is 10.3. The molecule has 0 aliphatic heterocycles. The van der Waals surface area contributed by atoms with Crippen LogP contribution in [0.1, 0.15) is 18.9 Å². The number of aliphatic carboxylic acids is 1. The lowest BCUT2D eigenvalue weighted by Crippen LogP contribution is -2.11. The van der Waals surface area contributed by atoms with E-state index in [0.717, 1.165) is 5.56 Å². The lowest BCUT2D eigenvalue weighted by molar-refractivity contribution is -0.138. The smallest absolute Gasteiger partial charge is 0.307 e. The highest BCUT2D eigenvalue weighted by molar-refractivity contribution is 6.31. The number of hydrogen-bond donors (Lipinski definition) is 1. The van der Waals surface area contributed by atoms with Gasteiger partial charge in [0.05, 0.1) is 5.92 Å². The van der Waals surface area contributed by atoms with Gasteiger partial charge in [0, 0.05) is 10.4 Å². The van der Waals surface area contributed by atoms with Crippen LogP contribution in [0, 0.1) is 5.92 Å². The molecule has 0 bridgehead atoms. The van der Waals surface area contributed by atoms with Crippen molar-refractivity contribution in [1.29, 1.82) is 0 Å². The molecular weight excluding hydrogens is 200 g/mol. The van der Waals surface area contributed by atoms with Crippen molar-refractivity contribution in [3.8, 4) is 0 Å². The van der Waals surface area contributed by atoms with E-state index in [1.807, 2.05) is 25.1 Å². The maximum atomic E-state index is 10.8. The lowest BCUT2D eigenvalue weighted by atomic mass is 9.95. The van der Waals surface area contributed by atoms with Crippen LogP contribution in [-0.4, -0.2) is 11.1 Å². The first-order valence-electron chi connectivity index (χ1n) is 4.53. The molecule has 1 saturated carbocycles. The van der Waals surface area contributed by atoms with E-state index in [0.29, 0.717) is 11.4 Å². The Bertz CT molecular complexity index is 389. The fourth-order valence-corrected chi connectivity index (χ4v) is 2.30. The van der Waals surface area contributed by atoms with Crippen LogP contribution in [0.15, 0.2) is 24.3 Å². The monoisotopic (exact) mass is 210 g/mol. The molecule has 1 aromatic rings. The average molecular weight is 211 g/mol. The van der Waals surface area contributed by atoms with Gasteiger partial charge in [-0.2, -0.15) is 0 Å². The van der Waals surface area contributed by atoms with Gasteiger partial charge in [-0.1, -0.05) is 36.7 Å². The van der Waals surface area contributed by atoms with E-state index < -0.39 is 5.97 Å². The molecule has 0 heterocycles. The van der Waals surface area contributed by atoms with Crippen LogP contribution in [0.5, 0.6) is 0 Å². The van der Waals surface area contributed by atoms with Crippen LogP contribution in [0.4, 0.5) is 0 Å². The van der Waals surface area contributed by atoms with E-state index in [4.69, 9.17) is 16.7 Å². The predicted molar refractivity (Wildman–Crippen MR) is 54.5 cm³/mol. The number of carbonyl (C=O) groups is 1. The van der Waals surface area contributed by atoms with Crippen molar-refractivity contribution in [2.45, 2.75) is 18.8 Å². The summed E-state index contributed by atoms with van der Waals surface area (Å²) in [6, 6.07) is 7.46. The third-order valence-electron chi connectivity index (χ3n) is 3.02. The van der Waals surface area contributed by atoms with Gasteiger partial charge in [0.1, 0.15) is 0 Å². The number of benzene rings is 1. The minimum Gasteiger partial charge on any atom is -0.481 e. The Morgan fingerprint density at radius 2 is 2.21 bits per heavy atom. The Kier molecular flexibility index (Phi) is 2.04. The number of hydrogen-bond acceptors (Lipinski definition) is 1. The Balaban J connectivity index is 2.34. The van der Waals surface area contributed by atoms with Crippen LogP contribution in [0.25, 0.3) is 0 Å². The number of carboxylic acid groups (broad SMARTS) is 1. The summed E-state index contributed by atoms with van der Waals surface area (Å²) in [5.74, 6) is -1.00. The van der Waals surface area contributed by atoms with E-state index in [9.17, 15) is 4.79 Å². The second kappa shape index (κ2) is 2.99. The van der Waals surface area contributed by atoms with Gasteiger partial charge in [-0.05, 0) is 18.1 Å². The fourth-order valence-electron chi connectivity index (χ4n) is 1.95. The van der Waals surface area contributed by atoms with E-state index in [-0.39, 0.29) is 11.3 Å². The van der Waals surface area contributed by atoms with Crippen LogP contribution < -0.4 is 0 Å². The summed E-state index contributed by atoms with van der Waals surface area (Å²) in [7, 11) is 0. The Labute approximate surface area is 87.5 Å². The predicted octanol–water partition coefficient (Wildman–Crippen LogP) is 2.70. The largest absolute Gasteiger partial charge is 0.481 e. The molecule has 0 radical (unpaired) electrons. The van der Waals surface area contributed by atoms with Gasteiger partial charge in [0.25, 0.3) is 0 Å². The first kappa shape index (κ1) is 9.53. The SMILES string of the molecule is C[C@@]1(c2ccccc2Cl)C[C@@H]1C(=O)O. The maximum absolute atomic E-state index is 10.8. The van der Waals surface area contributed by atoms with E-state index in [1.165, 1.54) is 0 Å². The molecule has 0 aromatic heterocycles. The first-order chi connectivity index (χ1) is 6.55. The van der Waals surface area contributed by atoms with Crippen molar-refractivity contribution in [2.75, 3.05) is 0 Å². The third kappa shape index (κ3) is 1.30. The summed E-state index contributed by atoms with van der Waals surface area (Å²) >= 11 is 6.03. The molecule has 1 N–H and O–H groups in total. The molecule has 1 fully saturated rings. The maximum Gasteiger partial charge on any atom is 0.307 e. The highest BCUT2D eigenvalue weighted by Gasteiger charge is 2.56. The molecule has 2 nitrogen and oxygen atoms in total. The molecule has 2 atom stereocenters. The molecule has 3 heteroatoms. The molecule has 0 amide bonds. The third-order valence-corrected chi connectivity index (χ3v) is 3.35. The molecule has 2 rings (SSSR count). The molecule has 1 aliphatic carbocycles. The van der Waals surface area contributed by atoms with Gasteiger partial charge in [-0.25, -0.2) is 0 Å². The molecule has 1 aromatic carbocycles. The van der Waals surface area contributed by atoms with E-state index in [1.54, 1.807) is 6.07 Å². The summed E-state index contributed by atoms with van der Waals surface area (Å²) in [5, 5.41) is 9.56. The van der Waals surface area contributed by atoms with Crippen molar-refractivity contribution in [2.24, 2.45) is 5.92 Å². The van der Waals surface area contributed by atoms with E-state index in [2.05, 4.69) is 0 Å². The normalized spacial score (nSPS) is 30.0. The molecule has 14 heavy (non-hydrogen) atoms. The zero-order valence-electron chi connectivity index (χ0n) is 7.83. The van der Waals surface area contributed by atoms with Crippen LogP contribution in [0.2, 0.25) is 5.02 Å². The topological polar surface area (TPSA) is 37.3 Å². The minimum absolute atomic E-state index is 0.260. The van der Waals surface area contributed by atoms with Gasteiger partial charge in [0.15, 0.2) is 0 Å². The highest BCUT2D eigenvalue weighted by atomic mass is 35.5. The van der Waals surface area contributed by atoms with Crippen LogP contribution >= 0.6 is 11.6 Å². The lowest BCUT2D eigenvalue weighted by Gasteiger charge is -2.11. The Morgan fingerprint density at radius 3 is 2.71 bits per heavy atom. The van der Waals surface area contributed by atoms with Gasteiger partial charge in [0.2, 0.25) is 0 Å². The summed E-state index contributed by atoms with van der Waals surface area (Å²) in [6.07, 6.45) is 0.687. The Hall–Kier alpha value is -1.02. The molecular formula is C11H11ClO2. The second-order valence-corrected chi connectivity index (χ2v) is 4.40. The van der Waals surface area contributed by atoms with Gasteiger partial charge in [-0.3, -0.25) is 4.79 Å². The summed E-state index contributed by atoms with van der Waals surface area (Å²) in [4.78, 5) is 10.8. The summed E-state index contributed by atoms with van der Waals surface area (Å²) in [6.45, 7) is 1.95. The zero-order valence-corrected chi connectivity index (χ0v) is 8.58. The van der Waals surface area contributed by atoms with Crippen molar-refractivity contribution in [1.82, 2.24) is 0 Å². The number of halogens is 1. The molecule has 0 spiro atoms. The van der Waals surface area contributed by atoms with Gasteiger partial charge >= 0.3 is 5.97 Å². The van der Waals surface area contributed by atoms with Gasteiger partial charge < -0.3 is 5.11 Å². The molecule has 1 aliphatic rings. The fraction of sp³-hybridized carbons (Fsp3) is 0.364. The van der Waals surface area contributed by atoms with Crippen molar-refractivity contribution < 1.29 is 9.90 Å². The summed E-state index contributed by atoms with van der Waals surface area (Å²) < 4.78 is 0. The Morgan fingerprint density at radius 1 is 1.57 bits per heavy atom. The second-order valence-electron chi connectivity index (χ2n) is 3.99. The van der Waals surface area contributed by atoms with Crippen molar-refractivity contribution >= 4 is 17.6 Å². The first-order valence-corrected chi connectivity index (χ1v) is 4.91. The van der Waals surface area contributed by atoms with Crippen molar-refractivity contribution in [3.63, 3.8) is 0 Å². The average Bonchev–Trinajstić information content (AvgIpc) is 2.80. The number of rotatable bonds is 2.